The van der Waals surface area contributed by atoms with Gasteiger partial charge in [-0.3, -0.25) is 0 Å². The van der Waals surface area contributed by atoms with Gasteiger partial charge >= 0.3 is 6.41 Å². The van der Waals surface area contributed by atoms with Crippen LogP contribution in [0.2, 0.25) is 0 Å². The van der Waals surface area contributed by atoms with Crippen molar-refractivity contribution < 1.29 is 18.8 Å². The van der Waals surface area contributed by atoms with Crippen LogP contribution in [0.1, 0.15) is 23.2 Å². The molecule has 166 valence electrons. The van der Waals surface area contributed by atoms with E-state index >= 15 is 0 Å². The first kappa shape index (κ1) is 20.4. The van der Waals surface area contributed by atoms with Gasteiger partial charge in [0.25, 0.3) is 5.82 Å². The van der Waals surface area contributed by atoms with Crippen molar-refractivity contribution in [1.29, 1.82) is 0 Å². The van der Waals surface area contributed by atoms with Crippen LogP contribution in [-0.2, 0) is 17.8 Å². The Kier molecular flexibility index (Phi) is 5.22. The lowest BCUT2D eigenvalue weighted by molar-refractivity contribution is -0.117. The number of anilines is 1. The van der Waals surface area contributed by atoms with Gasteiger partial charge in [-0.1, -0.05) is 0 Å². The van der Waals surface area contributed by atoms with Crippen LogP contribution in [0, 0.1) is 6.92 Å². The third-order valence-electron chi connectivity index (χ3n) is 6.28. The molecule has 10 heteroatoms. The molecule has 3 aromatic heterocycles. The van der Waals surface area contributed by atoms with Gasteiger partial charge in [-0.2, -0.15) is 0 Å². The molecule has 0 saturated carbocycles. The number of aromatic nitrogens is 4. The van der Waals surface area contributed by atoms with Crippen LogP contribution < -0.4 is 18.9 Å². The molecule has 10 nitrogen and oxygen atoms in total. The summed E-state index contributed by atoms with van der Waals surface area (Å²) < 4.78 is 16.7. The number of carbonyl (C=O) groups is 1. The average molecular weight is 437 g/mol. The second-order valence-corrected chi connectivity index (χ2v) is 8.23. The summed E-state index contributed by atoms with van der Waals surface area (Å²) in [7, 11) is 1.62. The first-order valence-corrected chi connectivity index (χ1v) is 10.6. The summed E-state index contributed by atoms with van der Waals surface area (Å²) in [6, 6.07) is 3.80. The number of quaternary nitrogens is 1. The number of fused-ring (bicyclic) bond motifs is 1. The average Bonchev–Trinajstić information content (AvgIpc) is 3.50. The Morgan fingerprint density at radius 2 is 2.19 bits per heavy atom. The molecule has 2 aliphatic heterocycles. The predicted molar refractivity (Wildman–Crippen MR) is 115 cm³/mol. The topological polar surface area (TPSA) is 103 Å². The second kappa shape index (κ2) is 8.19. The monoisotopic (exact) mass is 437 g/mol. The molecule has 1 fully saturated rings. The minimum absolute atomic E-state index is 0.0946. The van der Waals surface area contributed by atoms with Crippen molar-refractivity contribution in [2.24, 2.45) is 0 Å². The number of amides is 1. The molecule has 2 atom stereocenters. The van der Waals surface area contributed by atoms with Gasteiger partial charge in [0.05, 0.1) is 49.4 Å². The van der Waals surface area contributed by atoms with Crippen molar-refractivity contribution in [3.8, 4) is 11.8 Å². The predicted octanol–water partition coefficient (Wildman–Crippen LogP) is 2.05. The zero-order chi connectivity index (χ0) is 22.1. The second-order valence-electron chi connectivity index (χ2n) is 8.23. The van der Waals surface area contributed by atoms with Crippen molar-refractivity contribution in [2.75, 3.05) is 31.6 Å². The van der Waals surface area contributed by atoms with E-state index in [1.54, 1.807) is 19.5 Å². The van der Waals surface area contributed by atoms with Crippen LogP contribution in [0.5, 0.6) is 11.8 Å². The highest BCUT2D eigenvalue weighted by atomic mass is 16.5. The molecule has 1 saturated heterocycles. The summed E-state index contributed by atoms with van der Waals surface area (Å²) in [5.41, 5.74) is 3.98. The summed E-state index contributed by atoms with van der Waals surface area (Å²) in [4.78, 5) is 27.5. The van der Waals surface area contributed by atoms with Gasteiger partial charge in [0.2, 0.25) is 11.8 Å². The smallest absolute Gasteiger partial charge is 0.308 e. The van der Waals surface area contributed by atoms with E-state index in [-0.39, 0.29) is 10.6 Å². The van der Waals surface area contributed by atoms with Crippen LogP contribution in [-0.4, -0.2) is 59.4 Å². The van der Waals surface area contributed by atoms with E-state index in [2.05, 4.69) is 31.1 Å². The van der Waals surface area contributed by atoms with Crippen molar-refractivity contribution in [2.45, 2.75) is 32.4 Å². The minimum atomic E-state index is -0.156. The Bertz CT molecular complexity index is 1120. The number of pyridine rings is 1. The normalized spacial score (nSPS) is 22.4. The number of nitrogens with zero attached hydrogens (tertiary/aromatic N) is 6. The summed E-state index contributed by atoms with van der Waals surface area (Å²) in [6.45, 7) is 4.54. The number of hydrogen-bond donors (Lipinski definition) is 0. The first-order chi connectivity index (χ1) is 15.6. The maximum atomic E-state index is 11.9. The Morgan fingerprint density at radius 1 is 1.28 bits per heavy atom. The van der Waals surface area contributed by atoms with Crippen molar-refractivity contribution in [1.82, 2.24) is 24.6 Å². The standard InChI is InChI=1S/C22H25N6O4/c1-15-9-16(10-23-21(15)30-2)27-6-3-19-18(11-27)22(25-13-24-19)32-17-4-7-28(12-17,14-29)20-5-8-31-26-20/h5,8-10,13-14,17H,3-4,6-7,11-12H2,1-2H3/q+1. The lowest BCUT2D eigenvalue weighted by atomic mass is 10.1. The van der Waals surface area contributed by atoms with Crippen LogP contribution in [0.25, 0.3) is 0 Å². The Balaban J connectivity index is 1.36. The maximum absolute atomic E-state index is 11.9. The molecule has 5 heterocycles. The molecule has 0 aromatic carbocycles. The van der Waals surface area contributed by atoms with Crippen molar-refractivity contribution >= 4 is 17.9 Å². The van der Waals surface area contributed by atoms with E-state index in [4.69, 9.17) is 14.0 Å². The molecule has 0 radical (unpaired) electrons. The SMILES string of the molecule is COc1ncc(N2CCc3ncnc(OC4CC[N+](C=O)(c5ccon5)C4)c3C2)cc1C. The summed E-state index contributed by atoms with van der Waals surface area (Å²) in [6.07, 6.45) is 7.13. The molecule has 32 heavy (non-hydrogen) atoms. The first-order valence-electron chi connectivity index (χ1n) is 10.6. The van der Waals surface area contributed by atoms with Crippen LogP contribution in [0.4, 0.5) is 11.5 Å². The zero-order valence-electron chi connectivity index (χ0n) is 18.1. The van der Waals surface area contributed by atoms with Gasteiger partial charge in [0.15, 0.2) is 6.10 Å². The molecule has 2 unspecified atom stereocenters. The fraction of sp³-hybridized carbons (Fsp3) is 0.409. The third kappa shape index (κ3) is 3.56. The largest absolute Gasteiger partial charge is 0.481 e. The molecule has 1 amide bonds. The lowest BCUT2D eigenvalue weighted by Crippen LogP contribution is -2.47. The number of rotatable bonds is 6. The van der Waals surface area contributed by atoms with Crippen molar-refractivity contribution in [3.63, 3.8) is 0 Å². The molecule has 5 rings (SSSR count). The van der Waals surface area contributed by atoms with E-state index in [1.807, 2.05) is 13.1 Å². The number of hydrogen-bond acceptors (Lipinski definition) is 9. The highest BCUT2D eigenvalue weighted by Crippen LogP contribution is 2.32. The molecule has 0 aliphatic carbocycles. The molecule has 3 aromatic rings. The van der Waals surface area contributed by atoms with Gasteiger partial charge in [0.1, 0.15) is 19.1 Å². The fourth-order valence-corrected chi connectivity index (χ4v) is 4.54. The summed E-state index contributed by atoms with van der Waals surface area (Å²) in [5.74, 6) is 1.81. The van der Waals surface area contributed by atoms with E-state index < -0.39 is 0 Å². The van der Waals surface area contributed by atoms with Crippen molar-refractivity contribution in [3.05, 3.63) is 47.7 Å². The summed E-state index contributed by atoms with van der Waals surface area (Å²) >= 11 is 0. The van der Waals surface area contributed by atoms with Crippen LogP contribution in [0.3, 0.4) is 0 Å². The lowest BCUT2D eigenvalue weighted by Gasteiger charge is -2.31. The molecular formula is C22H25N6O4+. The molecule has 0 N–H and O–H groups in total. The maximum Gasteiger partial charge on any atom is 0.308 e. The number of carbonyl (C=O) groups excluding carboxylic acids is 1. The Labute approximate surface area is 185 Å². The number of aryl methyl sites for hydroxylation is 1. The number of ether oxygens (including phenoxy) is 2. The molecule has 2 aliphatic rings. The molecule has 0 bridgehead atoms. The van der Waals surface area contributed by atoms with E-state index in [9.17, 15) is 4.79 Å². The molecular weight excluding hydrogens is 412 g/mol. The van der Waals surface area contributed by atoms with Gasteiger partial charge in [-0.05, 0) is 18.1 Å². The van der Waals surface area contributed by atoms with E-state index in [0.717, 1.165) is 48.3 Å². The number of methoxy groups -OCH3 is 1. The van der Waals surface area contributed by atoms with Crippen LogP contribution >= 0.6 is 0 Å². The minimum Gasteiger partial charge on any atom is -0.481 e. The van der Waals surface area contributed by atoms with Gasteiger partial charge in [0, 0.05) is 24.9 Å². The highest BCUT2D eigenvalue weighted by Gasteiger charge is 2.44. The zero-order valence-corrected chi connectivity index (χ0v) is 18.1. The van der Waals surface area contributed by atoms with E-state index in [1.165, 1.54) is 6.26 Å². The third-order valence-corrected chi connectivity index (χ3v) is 6.28. The van der Waals surface area contributed by atoms with Gasteiger partial charge in [-0.15, -0.1) is 0 Å². The van der Waals surface area contributed by atoms with Gasteiger partial charge in [-0.25, -0.2) is 24.2 Å². The van der Waals surface area contributed by atoms with Crippen LogP contribution in [0.15, 0.2) is 35.4 Å². The Morgan fingerprint density at radius 3 is 2.94 bits per heavy atom. The molecule has 0 spiro atoms. The summed E-state index contributed by atoms with van der Waals surface area (Å²) in [5, 5.41) is 3.98. The number of likely N-dealkylation sites (tertiary alicyclic amines) is 1. The fourth-order valence-electron chi connectivity index (χ4n) is 4.54. The quantitative estimate of drug-likeness (QED) is 0.423. The highest BCUT2D eigenvalue weighted by molar-refractivity contribution is 5.67. The Hall–Kier alpha value is -3.53. The van der Waals surface area contributed by atoms with Gasteiger partial charge < -0.3 is 18.9 Å². The van der Waals surface area contributed by atoms with E-state index in [0.29, 0.717) is 37.2 Å².